The molecule has 0 saturated carbocycles. The maximum absolute atomic E-state index is 14.3. The molecule has 3 aromatic rings. The van der Waals surface area contributed by atoms with Crippen LogP contribution in [0.1, 0.15) is 11.1 Å². The molecule has 1 nitrogen and oxygen atoms in total. The summed E-state index contributed by atoms with van der Waals surface area (Å²) in [5.74, 6) is -6.92. The van der Waals surface area contributed by atoms with Crippen molar-refractivity contribution in [1.29, 1.82) is 0 Å². The lowest BCUT2D eigenvalue weighted by molar-refractivity contribution is -0.185. The minimum atomic E-state index is -10.7. The van der Waals surface area contributed by atoms with E-state index in [4.69, 9.17) is 0 Å². The van der Waals surface area contributed by atoms with Crippen LogP contribution in [-0.2, 0) is 6.11 Å². The van der Waals surface area contributed by atoms with Gasteiger partial charge in [0.25, 0.3) is 0 Å². The van der Waals surface area contributed by atoms with Gasteiger partial charge in [0.15, 0.2) is 16.5 Å². The molecule has 0 aliphatic carbocycles. The second kappa shape index (κ2) is 6.59. The molecule has 3 aromatic carbocycles. The average molecular weight is 472 g/mol. The lowest BCUT2D eigenvalue weighted by Crippen LogP contribution is -2.22. The minimum Gasteiger partial charge on any atom is -0.429 e. The highest BCUT2D eigenvalue weighted by molar-refractivity contribution is 8.45. The van der Waals surface area contributed by atoms with E-state index in [0.29, 0.717) is 5.56 Å². The van der Waals surface area contributed by atoms with E-state index in [9.17, 15) is 37.0 Å². The first kappa shape index (κ1) is 22.9. The van der Waals surface area contributed by atoms with E-state index in [1.54, 1.807) is 24.3 Å². The van der Waals surface area contributed by atoms with Gasteiger partial charge >= 0.3 is 16.3 Å². The standard InChI is InChI=1S/C20H13F9OS/c1-12-2-4-13(5-3-12)14-6-8-15(9-7-14)20(23,24)30-16-10-17(21)19(18(22)11-16)31(25,26,27,28)29/h2-11H,1H3. The highest BCUT2D eigenvalue weighted by Crippen LogP contribution is 3.02. The van der Waals surface area contributed by atoms with Crippen LogP contribution in [0.4, 0.5) is 37.0 Å². The van der Waals surface area contributed by atoms with Gasteiger partial charge in [-0.15, -0.1) is 0 Å². The summed E-state index contributed by atoms with van der Waals surface area (Å²) < 4.78 is 124. The van der Waals surface area contributed by atoms with Gasteiger partial charge < -0.3 is 4.74 Å². The third kappa shape index (κ3) is 5.09. The minimum absolute atomic E-state index is 0.370. The monoisotopic (exact) mass is 472 g/mol. The van der Waals surface area contributed by atoms with E-state index in [-0.39, 0.29) is 12.1 Å². The number of halogens is 9. The Morgan fingerprint density at radius 1 is 0.710 bits per heavy atom. The third-order valence-electron chi connectivity index (χ3n) is 4.21. The van der Waals surface area contributed by atoms with Crippen molar-refractivity contribution < 1.29 is 41.7 Å². The molecule has 0 aliphatic heterocycles. The van der Waals surface area contributed by atoms with Crippen molar-refractivity contribution in [3.05, 3.63) is 83.4 Å². The zero-order chi connectivity index (χ0) is 23.3. The Kier molecular flexibility index (Phi) is 4.86. The molecule has 0 fully saturated rings. The number of rotatable bonds is 5. The number of alkyl halides is 2. The molecular formula is C20H13F9OS. The van der Waals surface area contributed by atoms with Gasteiger partial charge in [0.1, 0.15) is 5.75 Å². The molecule has 0 aliphatic rings. The van der Waals surface area contributed by atoms with Gasteiger partial charge in [-0.3, -0.25) is 0 Å². The van der Waals surface area contributed by atoms with E-state index >= 15 is 0 Å². The first-order valence-corrected chi connectivity index (χ1v) is 10.4. The summed E-state index contributed by atoms with van der Waals surface area (Å²) in [7, 11) is -10.7. The van der Waals surface area contributed by atoms with Gasteiger partial charge in [-0.1, -0.05) is 61.4 Å². The van der Waals surface area contributed by atoms with Crippen molar-refractivity contribution >= 4 is 10.2 Å². The molecule has 0 unspecified atom stereocenters. The van der Waals surface area contributed by atoms with Crippen LogP contribution in [0.25, 0.3) is 11.1 Å². The van der Waals surface area contributed by atoms with Crippen molar-refractivity contribution in [1.82, 2.24) is 0 Å². The average Bonchev–Trinajstić information content (AvgIpc) is 2.59. The molecule has 0 heterocycles. The van der Waals surface area contributed by atoms with Crippen LogP contribution in [-0.4, -0.2) is 0 Å². The molecule has 11 heteroatoms. The van der Waals surface area contributed by atoms with Crippen LogP contribution in [0, 0.1) is 18.6 Å². The van der Waals surface area contributed by atoms with Crippen molar-refractivity contribution in [2.24, 2.45) is 0 Å². The van der Waals surface area contributed by atoms with Crippen molar-refractivity contribution in [2.45, 2.75) is 17.9 Å². The summed E-state index contributed by atoms with van der Waals surface area (Å²) in [4.78, 5) is -3.42. The first-order valence-electron chi connectivity index (χ1n) is 8.44. The summed E-state index contributed by atoms with van der Waals surface area (Å²) in [6.45, 7) is 1.86. The molecular weight excluding hydrogens is 459 g/mol. The van der Waals surface area contributed by atoms with Crippen molar-refractivity contribution in [2.75, 3.05) is 0 Å². The number of benzene rings is 3. The van der Waals surface area contributed by atoms with Crippen LogP contribution in [0.2, 0.25) is 0 Å². The largest absolute Gasteiger partial charge is 0.429 e. The Labute approximate surface area is 170 Å². The molecule has 0 aromatic heterocycles. The van der Waals surface area contributed by atoms with Crippen LogP contribution >= 0.6 is 10.2 Å². The zero-order valence-corrected chi connectivity index (χ0v) is 16.3. The lowest BCUT2D eigenvalue weighted by Gasteiger charge is -2.40. The molecule has 0 N–H and O–H groups in total. The van der Waals surface area contributed by atoms with E-state index in [1.807, 2.05) is 6.92 Å². The van der Waals surface area contributed by atoms with Crippen molar-refractivity contribution in [3.8, 4) is 16.9 Å². The summed E-state index contributed by atoms with van der Waals surface area (Å²) in [6.07, 6.45) is -4.22. The molecule has 31 heavy (non-hydrogen) atoms. The predicted molar refractivity (Wildman–Crippen MR) is 98.9 cm³/mol. The van der Waals surface area contributed by atoms with Crippen molar-refractivity contribution in [3.63, 3.8) is 0 Å². The van der Waals surface area contributed by atoms with Crippen LogP contribution in [0.3, 0.4) is 0 Å². The quantitative estimate of drug-likeness (QED) is 0.338. The molecule has 0 spiro atoms. The van der Waals surface area contributed by atoms with Gasteiger partial charge in [0, 0.05) is 12.1 Å². The fourth-order valence-electron chi connectivity index (χ4n) is 2.77. The maximum atomic E-state index is 14.3. The van der Waals surface area contributed by atoms with E-state index in [0.717, 1.165) is 23.3 Å². The molecule has 168 valence electrons. The van der Waals surface area contributed by atoms with E-state index in [2.05, 4.69) is 4.74 Å². The van der Waals surface area contributed by atoms with Crippen LogP contribution in [0.5, 0.6) is 5.75 Å². The number of ether oxygens (including phenoxy) is 1. The summed E-state index contributed by atoms with van der Waals surface area (Å²) >= 11 is 0. The van der Waals surface area contributed by atoms with E-state index < -0.39 is 44.2 Å². The molecule has 0 saturated heterocycles. The highest BCUT2D eigenvalue weighted by Gasteiger charge is 2.69. The predicted octanol–water partition coefficient (Wildman–Crippen LogP) is 8.73. The Bertz CT molecular complexity index is 1100. The molecule has 0 amide bonds. The Morgan fingerprint density at radius 3 is 1.55 bits per heavy atom. The molecule has 0 atom stereocenters. The zero-order valence-electron chi connectivity index (χ0n) is 15.5. The smallest absolute Gasteiger partial charge is 0.426 e. The SMILES string of the molecule is Cc1ccc(-c2ccc(C(F)(F)Oc3cc(F)c(S(F)(F)(F)(F)F)c(F)c3)cc2)cc1. The second-order valence-corrected chi connectivity index (χ2v) is 9.09. The fraction of sp³-hybridized carbons (Fsp3) is 0.100. The maximum Gasteiger partial charge on any atom is 0.426 e. The summed E-state index contributed by atoms with van der Waals surface area (Å²) in [5.41, 5.74) is 1.49. The Morgan fingerprint density at radius 2 is 1.13 bits per heavy atom. The van der Waals surface area contributed by atoms with Gasteiger partial charge in [-0.05, 0) is 30.2 Å². The second-order valence-electron chi connectivity index (χ2n) is 6.75. The lowest BCUT2D eigenvalue weighted by atomic mass is 10.0. The number of hydrogen-bond acceptors (Lipinski definition) is 1. The van der Waals surface area contributed by atoms with Crippen LogP contribution in [0.15, 0.2) is 65.6 Å². The van der Waals surface area contributed by atoms with Gasteiger partial charge in [0.05, 0.1) is 5.56 Å². The molecule has 3 rings (SSSR count). The van der Waals surface area contributed by atoms with Gasteiger partial charge in [-0.2, -0.15) is 8.78 Å². The normalized spacial score (nSPS) is 14.6. The van der Waals surface area contributed by atoms with Gasteiger partial charge in [0.2, 0.25) is 0 Å². The Balaban J connectivity index is 1.89. The first-order chi connectivity index (χ1) is 14.0. The molecule has 0 bridgehead atoms. The third-order valence-corrected chi connectivity index (χ3v) is 5.37. The summed E-state index contributed by atoms with van der Waals surface area (Å²) in [6, 6.07) is 10.9. The topological polar surface area (TPSA) is 9.23 Å². The number of hydrogen-bond donors (Lipinski definition) is 0. The number of aryl methyl sites for hydroxylation is 1. The fourth-order valence-corrected chi connectivity index (χ4v) is 3.63. The van der Waals surface area contributed by atoms with E-state index in [1.165, 1.54) is 12.1 Å². The van der Waals surface area contributed by atoms with Gasteiger partial charge in [-0.25, -0.2) is 8.78 Å². The Hall–Kier alpha value is -2.82. The summed E-state index contributed by atoms with van der Waals surface area (Å²) in [5, 5.41) is 0. The highest BCUT2D eigenvalue weighted by atomic mass is 32.5. The van der Waals surface area contributed by atoms with Crippen LogP contribution < -0.4 is 4.74 Å². The molecule has 0 radical (unpaired) electrons.